The Morgan fingerprint density at radius 2 is 2.26 bits per heavy atom. The van der Waals surface area contributed by atoms with Crippen molar-refractivity contribution in [1.29, 1.82) is 0 Å². The Morgan fingerprint density at radius 1 is 1.39 bits per heavy atom. The molecule has 1 aliphatic rings. The first-order valence-corrected chi connectivity index (χ1v) is 7.87. The molecule has 23 heavy (non-hydrogen) atoms. The summed E-state index contributed by atoms with van der Waals surface area (Å²) >= 11 is 0. The fourth-order valence-corrected chi connectivity index (χ4v) is 3.17. The van der Waals surface area contributed by atoms with Crippen molar-refractivity contribution in [1.82, 2.24) is 24.8 Å². The molecule has 4 rings (SSSR count). The summed E-state index contributed by atoms with van der Waals surface area (Å²) in [7, 11) is 1.66. The monoisotopic (exact) mass is 312 g/mol. The zero-order valence-electron chi connectivity index (χ0n) is 13.3. The number of ether oxygens (including phenoxy) is 1. The van der Waals surface area contributed by atoms with Crippen LogP contribution >= 0.6 is 0 Å². The van der Waals surface area contributed by atoms with Crippen LogP contribution < -0.4 is 5.32 Å². The third-order valence-electron chi connectivity index (χ3n) is 4.39. The van der Waals surface area contributed by atoms with Gasteiger partial charge in [0.1, 0.15) is 5.52 Å². The molecule has 0 amide bonds. The van der Waals surface area contributed by atoms with E-state index < -0.39 is 0 Å². The van der Waals surface area contributed by atoms with Crippen LogP contribution in [0.15, 0.2) is 24.5 Å². The zero-order chi connectivity index (χ0) is 15.8. The standard InChI is InChI=1S/C16H20N6O/c1-10-5-11(6-10)13-8-15(20-19-13)18-16-14-7-12(9-23-2)21-22(14)4-3-17-16/h3-4,7-8,10-11H,5-6,9H2,1-2H3,(H2,17,18,19,20). The van der Waals surface area contributed by atoms with Crippen molar-refractivity contribution in [3.63, 3.8) is 0 Å². The molecule has 0 aromatic carbocycles. The summed E-state index contributed by atoms with van der Waals surface area (Å²) in [5.74, 6) is 2.96. The normalized spacial score (nSPS) is 20.6. The fourth-order valence-electron chi connectivity index (χ4n) is 3.17. The first-order chi connectivity index (χ1) is 11.2. The van der Waals surface area contributed by atoms with E-state index in [1.807, 2.05) is 12.3 Å². The molecule has 0 unspecified atom stereocenters. The van der Waals surface area contributed by atoms with Gasteiger partial charge >= 0.3 is 0 Å². The predicted octanol–water partition coefficient (Wildman–Crippen LogP) is 2.86. The van der Waals surface area contributed by atoms with E-state index in [2.05, 4.69) is 38.6 Å². The lowest BCUT2D eigenvalue weighted by molar-refractivity contribution is 0.181. The summed E-state index contributed by atoms with van der Waals surface area (Å²) in [6.45, 7) is 2.77. The van der Waals surface area contributed by atoms with Gasteiger partial charge < -0.3 is 10.1 Å². The maximum Gasteiger partial charge on any atom is 0.157 e. The van der Waals surface area contributed by atoms with E-state index in [1.165, 1.54) is 18.5 Å². The average Bonchev–Trinajstić information content (AvgIpc) is 3.11. The topological polar surface area (TPSA) is 80.1 Å². The van der Waals surface area contributed by atoms with E-state index in [1.54, 1.807) is 17.8 Å². The molecule has 3 heterocycles. The molecule has 7 nitrogen and oxygen atoms in total. The van der Waals surface area contributed by atoms with Crippen LogP contribution in [0.25, 0.3) is 5.52 Å². The summed E-state index contributed by atoms with van der Waals surface area (Å²) in [6, 6.07) is 4.05. The number of aromatic nitrogens is 5. The highest BCUT2D eigenvalue weighted by Crippen LogP contribution is 2.40. The molecule has 0 radical (unpaired) electrons. The molecular weight excluding hydrogens is 292 g/mol. The molecule has 0 saturated heterocycles. The van der Waals surface area contributed by atoms with Crippen LogP contribution in [0.5, 0.6) is 0 Å². The molecule has 3 aromatic rings. The minimum atomic E-state index is 0.480. The lowest BCUT2D eigenvalue weighted by Crippen LogP contribution is -2.19. The molecule has 1 aliphatic carbocycles. The highest BCUT2D eigenvalue weighted by Gasteiger charge is 2.28. The van der Waals surface area contributed by atoms with Crippen LogP contribution in [0, 0.1) is 5.92 Å². The Bertz CT molecular complexity index is 817. The Labute approximate surface area is 134 Å². The number of anilines is 2. The van der Waals surface area contributed by atoms with Gasteiger partial charge in [0, 0.05) is 37.2 Å². The van der Waals surface area contributed by atoms with Gasteiger partial charge in [0.15, 0.2) is 11.6 Å². The number of hydrogen-bond donors (Lipinski definition) is 2. The summed E-state index contributed by atoms with van der Waals surface area (Å²) in [4.78, 5) is 4.41. The van der Waals surface area contributed by atoms with Crippen molar-refractivity contribution >= 4 is 17.2 Å². The smallest absolute Gasteiger partial charge is 0.157 e. The van der Waals surface area contributed by atoms with Gasteiger partial charge in [-0.2, -0.15) is 10.2 Å². The lowest BCUT2D eigenvalue weighted by Gasteiger charge is -2.31. The highest BCUT2D eigenvalue weighted by atomic mass is 16.5. The molecule has 7 heteroatoms. The molecule has 0 aliphatic heterocycles. The van der Waals surface area contributed by atoms with Crippen molar-refractivity contribution < 1.29 is 4.74 Å². The van der Waals surface area contributed by atoms with E-state index in [9.17, 15) is 0 Å². The number of nitrogens with zero attached hydrogens (tertiary/aromatic N) is 4. The van der Waals surface area contributed by atoms with E-state index in [0.29, 0.717) is 12.5 Å². The number of hydrogen-bond acceptors (Lipinski definition) is 5. The maximum absolute atomic E-state index is 5.14. The van der Waals surface area contributed by atoms with Crippen molar-refractivity contribution in [2.45, 2.75) is 32.3 Å². The largest absolute Gasteiger partial charge is 0.378 e. The molecule has 120 valence electrons. The number of nitrogens with one attached hydrogen (secondary N) is 2. The van der Waals surface area contributed by atoms with Crippen LogP contribution in [0.3, 0.4) is 0 Å². The van der Waals surface area contributed by atoms with E-state index in [0.717, 1.165) is 28.8 Å². The van der Waals surface area contributed by atoms with Gasteiger partial charge in [-0.15, -0.1) is 0 Å². The Hall–Kier alpha value is -2.41. The first kappa shape index (κ1) is 14.2. The second kappa shape index (κ2) is 5.66. The third kappa shape index (κ3) is 2.68. The number of rotatable bonds is 5. The Morgan fingerprint density at radius 3 is 3.04 bits per heavy atom. The van der Waals surface area contributed by atoms with Crippen LogP contribution in [-0.2, 0) is 11.3 Å². The number of fused-ring (bicyclic) bond motifs is 1. The van der Waals surface area contributed by atoms with Crippen molar-refractivity contribution in [3.8, 4) is 0 Å². The summed E-state index contributed by atoms with van der Waals surface area (Å²) in [5.41, 5.74) is 2.97. The molecule has 1 saturated carbocycles. The van der Waals surface area contributed by atoms with Gasteiger partial charge in [0.25, 0.3) is 0 Å². The second-order valence-corrected chi connectivity index (χ2v) is 6.28. The number of methoxy groups -OCH3 is 1. The molecular formula is C16H20N6O. The highest BCUT2D eigenvalue weighted by molar-refractivity contribution is 5.72. The quantitative estimate of drug-likeness (QED) is 0.757. The maximum atomic E-state index is 5.14. The van der Waals surface area contributed by atoms with Gasteiger partial charge in [-0.3, -0.25) is 5.10 Å². The SMILES string of the molecule is COCc1cc2c(Nc3cc(C4CC(C)C4)[nH]n3)nccn2n1. The minimum Gasteiger partial charge on any atom is -0.378 e. The van der Waals surface area contributed by atoms with E-state index in [4.69, 9.17) is 4.74 Å². The van der Waals surface area contributed by atoms with Crippen molar-refractivity contribution in [2.24, 2.45) is 5.92 Å². The van der Waals surface area contributed by atoms with E-state index >= 15 is 0 Å². The summed E-state index contributed by atoms with van der Waals surface area (Å²) in [5, 5.41) is 15.2. The second-order valence-electron chi connectivity index (χ2n) is 6.28. The number of H-pyrrole nitrogens is 1. The molecule has 1 fully saturated rings. The van der Waals surface area contributed by atoms with Crippen LogP contribution in [0.4, 0.5) is 11.6 Å². The summed E-state index contributed by atoms with van der Waals surface area (Å²) in [6.07, 6.45) is 6.02. The Balaban J connectivity index is 1.57. The first-order valence-electron chi connectivity index (χ1n) is 7.87. The predicted molar refractivity (Wildman–Crippen MR) is 86.7 cm³/mol. The molecule has 0 atom stereocenters. The van der Waals surface area contributed by atoms with Gasteiger partial charge in [-0.1, -0.05) is 6.92 Å². The van der Waals surface area contributed by atoms with E-state index in [-0.39, 0.29) is 0 Å². The molecule has 2 N–H and O–H groups in total. The van der Waals surface area contributed by atoms with Crippen LogP contribution in [0.2, 0.25) is 0 Å². The summed E-state index contributed by atoms with van der Waals surface area (Å²) < 4.78 is 6.94. The molecule has 0 bridgehead atoms. The minimum absolute atomic E-state index is 0.480. The number of aromatic amines is 1. The van der Waals surface area contributed by atoms with Gasteiger partial charge in [-0.05, 0) is 24.8 Å². The van der Waals surface area contributed by atoms with Crippen LogP contribution in [-0.4, -0.2) is 31.9 Å². The third-order valence-corrected chi connectivity index (χ3v) is 4.39. The van der Waals surface area contributed by atoms with Gasteiger partial charge in [0.2, 0.25) is 0 Å². The molecule has 3 aromatic heterocycles. The zero-order valence-corrected chi connectivity index (χ0v) is 13.3. The Kier molecular flexibility index (Phi) is 3.49. The van der Waals surface area contributed by atoms with Gasteiger partial charge in [0.05, 0.1) is 12.3 Å². The average molecular weight is 312 g/mol. The van der Waals surface area contributed by atoms with Crippen LogP contribution in [0.1, 0.15) is 37.1 Å². The molecule has 0 spiro atoms. The fraction of sp³-hybridized carbons (Fsp3) is 0.438. The van der Waals surface area contributed by atoms with Crippen molar-refractivity contribution in [2.75, 3.05) is 12.4 Å². The van der Waals surface area contributed by atoms with Crippen molar-refractivity contribution in [3.05, 3.63) is 35.9 Å². The van der Waals surface area contributed by atoms with Gasteiger partial charge in [-0.25, -0.2) is 9.50 Å². The lowest BCUT2D eigenvalue weighted by atomic mass is 9.74.